The van der Waals surface area contributed by atoms with Gasteiger partial charge in [-0.15, -0.1) is 5.06 Å². The standard InChI is InChI=1S/C20H27N5O5/c1-20(2,3)29-19(26)30-25-10-7-14(8-11-25)28-17-12-16(22-13-23-17)24-15-6-5-9-21-18(15)27-4/h5-6,9,12-14H,7-8,10-11H2,1-4H3,(H,22,23,24). The first-order chi connectivity index (χ1) is 14.3. The van der Waals surface area contributed by atoms with Gasteiger partial charge in [-0.2, -0.15) is 0 Å². The summed E-state index contributed by atoms with van der Waals surface area (Å²) in [5, 5.41) is 4.74. The average molecular weight is 417 g/mol. The molecule has 0 aromatic carbocycles. The van der Waals surface area contributed by atoms with Crippen molar-refractivity contribution in [2.45, 2.75) is 45.3 Å². The summed E-state index contributed by atoms with van der Waals surface area (Å²) in [5.41, 5.74) is 0.106. The van der Waals surface area contributed by atoms with Gasteiger partial charge >= 0.3 is 6.16 Å². The van der Waals surface area contributed by atoms with Crippen molar-refractivity contribution >= 4 is 17.7 Å². The molecule has 2 aromatic heterocycles. The lowest BCUT2D eigenvalue weighted by Gasteiger charge is -2.30. The number of carbonyl (C=O) groups excluding carboxylic acids is 1. The van der Waals surface area contributed by atoms with Crippen LogP contribution in [0.15, 0.2) is 30.7 Å². The predicted molar refractivity (Wildman–Crippen MR) is 109 cm³/mol. The van der Waals surface area contributed by atoms with Crippen LogP contribution in [0.1, 0.15) is 33.6 Å². The van der Waals surface area contributed by atoms with E-state index in [1.165, 1.54) is 6.33 Å². The summed E-state index contributed by atoms with van der Waals surface area (Å²) in [5.74, 6) is 1.50. The highest BCUT2D eigenvalue weighted by molar-refractivity contribution is 5.61. The van der Waals surface area contributed by atoms with E-state index in [0.29, 0.717) is 49.2 Å². The first-order valence-corrected chi connectivity index (χ1v) is 9.73. The average Bonchev–Trinajstić information content (AvgIpc) is 2.69. The third kappa shape index (κ3) is 6.45. The highest BCUT2D eigenvalue weighted by Crippen LogP contribution is 2.25. The van der Waals surface area contributed by atoms with Gasteiger partial charge in [0.1, 0.15) is 29.5 Å². The molecule has 30 heavy (non-hydrogen) atoms. The smallest absolute Gasteiger partial charge is 0.480 e. The van der Waals surface area contributed by atoms with E-state index in [1.54, 1.807) is 51.3 Å². The number of aromatic nitrogens is 3. The van der Waals surface area contributed by atoms with Gasteiger partial charge in [0.05, 0.1) is 7.11 Å². The molecule has 0 unspecified atom stereocenters. The van der Waals surface area contributed by atoms with E-state index in [1.807, 2.05) is 6.07 Å². The van der Waals surface area contributed by atoms with Gasteiger partial charge in [-0.05, 0) is 32.9 Å². The van der Waals surface area contributed by atoms with E-state index in [4.69, 9.17) is 19.0 Å². The zero-order valence-corrected chi connectivity index (χ0v) is 17.6. The molecule has 0 amide bonds. The summed E-state index contributed by atoms with van der Waals surface area (Å²) < 4.78 is 16.4. The number of carbonyl (C=O) groups is 1. The molecule has 1 fully saturated rings. The monoisotopic (exact) mass is 417 g/mol. The number of ether oxygens (including phenoxy) is 3. The summed E-state index contributed by atoms with van der Waals surface area (Å²) in [4.78, 5) is 29.6. The number of hydrogen-bond acceptors (Lipinski definition) is 10. The number of hydrogen-bond donors (Lipinski definition) is 1. The van der Waals surface area contributed by atoms with E-state index < -0.39 is 11.8 Å². The zero-order valence-electron chi connectivity index (χ0n) is 17.6. The van der Waals surface area contributed by atoms with Crippen LogP contribution in [-0.4, -0.2) is 58.1 Å². The van der Waals surface area contributed by atoms with Crippen molar-refractivity contribution in [3.63, 3.8) is 0 Å². The first kappa shape index (κ1) is 21.6. The molecule has 1 aliphatic rings. The SMILES string of the molecule is COc1ncccc1Nc1cc(OC2CCN(OC(=O)OC(C)(C)C)CC2)ncn1. The molecule has 10 heteroatoms. The second-order valence-electron chi connectivity index (χ2n) is 7.73. The molecule has 0 radical (unpaired) electrons. The molecule has 3 heterocycles. The molecule has 2 aromatic rings. The van der Waals surface area contributed by atoms with Crippen LogP contribution in [0.5, 0.6) is 11.8 Å². The number of nitrogens with one attached hydrogen (secondary N) is 1. The Morgan fingerprint density at radius 2 is 1.97 bits per heavy atom. The van der Waals surface area contributed by atoms with Crippen molar-refractivity contribution in [2.24, 2.45) is 0 Å². The minimum atomic E-state index is -0.695. The molecule has 1 N–H and O–H groups in total. The molecule has 3 rings (SSSR count). The highest BCUT2D eigenvalue weighted by Gasteiger charge is 2.26. The van der Waals surface area contributed by atoms with Crippen LogP contribution in [0.2, 0.25) is 0 Å². The Kier molecular flexibility index (Phi) is 6.88. The normalized spacial score (nSPS) is 15.3. The highest BCUT2D eigenvalue weighted by atomic mass is 16.8. The lowest BCUT2D eigenvalue weighted by Crippen LogP contribution is -2.40. The number of nitrogens with zero attached hydrogens (tertiary/aromatic N) is 4. The molecule has 1 aliphatic heterocycles. The molecule has 0 saturated carbocycles. The lowest BCUT2D eigenvalue weighted by atomic mass is 10.1. The number of hydroxylamine groups is 2. The van der Waals surface area contributed by atoms with Crippen molar-refractivity contribution in [3.05, 3.63) is 30.7 Å². The molecule has 0 aliphatic carbocycles. The lowest BCUT2D eigenvalue weighted by molar-refractivity contribution is -0.159. The summed E-state index contributed by atoms with van der Waals surface area (Å²) in [6, 6.07) is 5.36. The van der Waals surface area contributed by atoms with Gasteiger partial charge in [0.15, 0.2) is 0 Å². The van der Waals surface area contributed by atoms with Crippen LogP contribution in [0.25, 0.3) is 0 Å². The number of methoxy groups -OCH3 is 1. The van der Waals surface area contributed by atoms with Crippen LogP contribution >= 0.6 is 0 Å². The molecular weight excluding hydrogens is 390 g/mol. The Morgan fingerprint density at radius 1 is 1.20 bits per heavy atom. The molecule has 0 atom stereocenters. The summed E-state index contributed by atoms with van der Waals surface area (Å²) in [7, 11) is 1.56. The van der Waals surface area contributed by atoms with Gasteiger partial charge < -0.3 is 24.4 Å². The fourth-order valence-electron chi connectivity index (χ4n) is 2.84. The summed E-state index contributed by atoms with van der Waals surface area (Å²) in [6.45, 7) is 6.48. The van der Waals surface area contributed by atoms with Gasteiger partial charge in [0.25, 0.3) is 0 Å². The number of rotatable bonds is 6. The summed E-state index contributed by atoms with van der Waals surface area (Å²) >= 11 is 0. The Bertz CT molecular complexity index is 849. The van der Waals surface area contributed by atoms with Gasteiger partial charge in [-0.25, -0.2) is 19.7 Å². The number of piperidine rings is 1. The van der Waals surface area contributed by atoms with Gasteiger partial charge in [-0.3, -0.25) is 0 Å². The Labute approximate surface area is 175 Å². The maximum Gasteiger partial charge on any atom is 0.528 e. The van der Waals surface area contributed by atoms with Crippen molar-refractivity contribution in [3.8, 4) is 11.8 Å². The quantitative estimate of drug-likeness (QED) is 0.703. The van der Waals surface area contributed by atoms with Gasteiger partial charge in [-0.1, -0.05) is 0 Å². The second kappa shape index (κ2) is 9.57. The van der Waals surface area contributed by atoms with Crippen molar-refractivity contribution in [1.82, 2.24) is 20.0 Å². The largest absolute Gasteiger partial charge is 0.528 e. The van der Waals surface area contributed by atoms with Crippen molar-refractivity contribution < 1.29 is 23.8 Å². The third-order valence-corrected chi connectivity index (χ3v) is 4.15. The van der Waals surface area contributed by atoms with Crippen molar-refractivity contribution in [1.29, 1.82) is 0 Å². The van der Waals surface area contributed by atoms with E-state index in [0.717, 1.165) is 0 Å². The number of pyridine rings is 1. The van der Waals surface area contributed by atoms with Gasteiger partial charge in [0, 0.05) is 38.2 Å². The van der Waals surface area contributed by atoms with Crippen LogP contribution in [0.4, 0.5) is 16.3 Å². The van der Waals surface area contributed by atoms with Crippen LogP contribution < -0.4 is 14.8 Å². The maximum atomic E-state index is 11.8. The van der Waals surface area contributed by atoms with Crippen LogP contribution in [0.3, 0.4) is 0 Å². The van der Waals surface area contributed by atoms with E-state index in [9.17, 15) is 4.79 Å². The molecular formula is C20H27N5O5. The molecule has 162 valence electrons. The predicted octanol–water partition coefficient (Wildman–Crippen LogP) is 3.33. The Morgan fingerprint density at radius 3 is 2.67 bits per heavy atom. The minimum Gasteiger partial charge on any atom is -0.480 e. The van der Waals surface area contributed by atoms with Gasteiger partial charge in [0.2, 0.25) is 11.8 Å². The van der Waals surface area contributed by atoms with E-state index in [2.05, 4.69) is 20.3 Å². The number of anilines is 2. The zero-order chi connectivity index (χ0) is 21.6. The molecule has 0 bridgehead atoms. The van der Waals surface area contributed by atoms with E-state index in [-0.39, 0.29) is 6.10 Å². The second-order valence-corrected chi connectivity index (χ2v) is 7.73. The first-order valence-electron chi connectivity index (χ1n) is 9.73. The van der Waals surface area contributed by atoms with Crippen LogP contribution in [0, 0.1) is 0 Å². The van der Waals surface area contributed by atoms with Crippen LogP contribution in [-0.2, 0) is 9.57 Å². The van der Waals surface area contributed by atoms with E-state index >= 15 is 0 Å². The maximum absolute atomic E-state index is 11.8. The van der Waals surface area contributed by atoms with Crippen molar-refractivity contribution in [2.75, 3.05) is 25.5 Å². The topological polar surface area (TPSA) is 108 Å². The minimum absolute atomic E-state index is 0.0424. The summed E-state index contributed by atoms with van der Waals surface area (Å²) in [6.07, 6.45) is 3.72. The third-order valence-electron chi connectivity index (χ3n) is 4.15. The molecule has 1 saturated heterocycles. The Balaban J connectivity index is 1.51. The Hall–Kier alpha value is -3.14. The molecule has 0 spiro atoms. The molecule has 10 nitrogen and oxygen atoms in total. The fourth-order valence-corrected chi connectivity index (χ4v) is 2.84. The fraction of sp³-hybridized carbons (Fsp3) is 0.500.